The second kappa shape index (κ2) is 8.04. The highest BCUT2D eigenvalue weighted by Crippen LogP contribution is 2.42. The van der Waals surface area contributed by atoms with Crippen LogP contribution >= 0.6 is 12.4 Å². The number of carbonyl (C=O) groups is 1. The summed E-state index contributed by atoms with van der Waals surface area (Å²) >= 11 is 0. The zero-order valence-electron chi connectivity index (χ0n) is 14.8. The first-order valence-electron chi connectivity index (χ1n) is 9.59. The minimum absolute atomic E-state index is 0. The number of nitrogens with two attached hydrogens (primary N) is 1. The van der Waals surface area contributed by atoms with Gasteiger partial charge in [0.15, 0.2) is 0 Å². The minimum atomic E-state index is 0. The van der Waals surface area contributed by atoms with E-state index < -0.39 is 0 Å². The van der Waals surface area contributed by atoms with Crippen LogP contribution in [0.15, 0.2) is 12.4 Å². The van der Waals surface area contributed by atoms with Gasteiger partial charge in [0.25, 0.3) is 0 Å². The fraction of sp³-hybridized carbons (Fsp3) is 0.833. The number of piperidine rings is 1. The minimum Gasteiger partial charge on any atom is -0.342 e. The van der Waals surface area contributed by atoms with Crippen LogP contribution in [0.2, 0.25) is 0 Å². The maximum atomic E-state index is 13.0. The summed E-state index contributed by atoms with van der Waals surface area (Å²) in [4.78, 5) is 15.1. The van der Waals surface area contributed by atoms with Gasteiger partial charge in [-0.3, -0.25) is 9.48 Å². The van der Waals surface area contributed by atoms with E-state index in [9.17, 15) is 4.79 Å². The van der Waals surface area contributed by atoms with Crippen molar-refractivity contribution in [2.75, 3.05) is 13.1 Å². The van der Waals surface area contributed by atoms with E-state index in [1.165, 1.54) is 19.3 Å². The summed E-state index contributed by atoms with van der Waals surface area (Å²) in [6.45, 7) is 2.72. The standard InChI is InChI=1S/C18H29N5O.ClH/c19-17-14-2-1-3-15(17)11-16(10-14)18(24)22-7-4-13(5-8-22)12-23-9-6-20-21-23;/h6,9,13-17H,1-5,7-8,10-12,19H2;1H. The molecule has 6 nitrogen and oxygen atoms in total. The highest BCUT2D eigenvalue weighted by Gasteiger charge is 2.41. The molecule has 2 N–H and O–H groups in total. The molecule has 1 aliphatic heterocycles. The van der Waals surface area contributed by atoms with Crippen molar-refractivity contribution in [2.24, 2.45) is 29.4 Å². The smallest absolute Gasteiger partial charge is 0.225 e. The van der Waals surface area contributed by atoms with Crippen molar-refractivity contribution in [3.8, 4) is 0 Å². The highest BCUT2D eigenvalue weighted by atomic mass is 35.5. The number of rotatable bonds is 3. The Bertz CT molecular complexity index is 544. The summed E-state index contributed by atoms with van der Waals surface area (Å²) in [6.07, 6.45) is 11.6. The lowest BCUT2D eigenvalue weighted by atomic mass is 9.65. The van der Waals surface area contributed by atoms with Gasteiger partial charge in [-0.15, -0.1) is 17.5 Å². The largest absolute Gasteiger partial charge is 0.342 e. The number of carbonyl (C=O) groups excluding carboxylic acids is 1. The first-order valence-corrected chi connectivity index (χ1v) is 9.59. The zero-order valence-corrected chi connectivity index (χ0v) is 15.6. The number of hydrogen-bond donors (Lipinski definition) is 1. The van der Waals surface area contributed by atoms with E-state index in [1.807, 2.05) is 10.9 Å². The van der Waals surface area contributed by atoms with E-state index in [2.05, 4.69) is 15.2 Å². The van der Waals surface area contributed by atoms with Crippen LogP contribution < -0.4 is 5.73 Å². The van der Waals surface area contributed by atoms with E-state index in [1.54, 1.807) is 6.20 Å². The van der Waals surface area contributed by atoms with Gasteiger partial charge in [0.1, 0.15) is 0 Å². The predicted octanol–water partition coefficient (Wildman–Crippen LogP) is 2.09. The van der Waals surface area contributed by atoms with Crippen molar-refractivity contribution in [3.63, 3.8) is 0 Å². The van der Waals surface area contributed by atoms with Crippen LogP contribution in [0, 0.1) is 23.7 Å². The molecule has 1 aromatic rings. The summed E-state index contributed by atoms with van der Waals surface area (Å²) in [5, 5.41) is 7.92. The van der Waals surface area contributed by atoms with Gasteiger partial charge in [-0.25, -0.2) is 0 Å². The Morgan fingerprint density at radius 3 is 2.40 bits per heavy atom. The monoisotopic (exact) mass is 367 g/mol. The average molecular weight is 368 g/mol. The van der Waals surface area contributed by atoms with Gasteiger partial charge in [-0.05, 0) is 56.3 Å². The lowest BCUT2D eigenvalue weighted by molar-refractivity contribution is -0.140. The normalized spacial score (nSPS) is 32.9. The topological polar surface area (TPSA) is 77.0 Å². The molecule has 2 unspecified atom stereocenters. The molecule has 3 aliphatic rings. The summed E-state index contributed by atoms with van der Waals surface area (Å²) in [5.41, 5.74) is 6.37. The van der Waals surface area contributed by atoms with E-state index in [0.717, 1.165) is 45.3 Å². The molecular formula is C18H30ClN5O. The zero-order chi connectivity index (χ0) is 16.5. The Hall–Kier alpha value is -1.14. The number of hydrogen-bond acceptors (Lipinski definition) is 4. The summed E-state index contributed by atoms with van der Waals surface area (Å²) < 4.78 is 1.91. The predicted molar refractivity (Wildman–Crippen MR) is 98.1 cm³/mol. The van der Waals surface area contributed by atoms with Gasteiger partial charge in [0.2, 0.25) is 5.91 Å². The van der Waals surface area contributed by atoms with Gasteiger partial charge in [0, 0.05) is 37.8 Å². The van der Waals surface area contributed by atoms with Gasteiger partial charge in [-0.1, -0.05) is 11.6 Å². The number of amides is 1. The molecular weight excluding hydrogens is 338 g/mol. The third-order valence-electron chi connectivity index (χ3n) is 6.61. The van der Waals surface area contributed by atoms with Crippen molar-refractivity contribution in [1.82, 2.24) is 19.9 Å². The molecule has 25 heavy (non-hydrogen) atoms. The van der Waals surface area contributed by atoms with Crippen molar-refractivity contribution >= 4 is 18.3 Å². The first-order chi connectivity index (χ1) is 11.7. The van der Waals surface area contributed by atoms with Gasteiger partial charge in [0.05, 0.1) is 6.20 Å². The molecule has 2 bridgehead atoms. The lowest BCUT2D eigenvalue weighted by Crippen LogP contribution is -2.50. The molecule has 7 heteroatoms. The van der Waals surface area contributed by atoms with Crippen molar-refractivity contribution < 1.29 is 4.79 Å². The van der Waals surface area contributed by atoms with Gasteiger partial charge >= 0.3 is 0 Å². The fourth-order valence-corrected chi connectivity index (χ4v) is 5.18. The Morgan fingerprint density at radius 2 is 1.80 bits per heavy atom. The van der Waals surface area contributed by atoms with Gasteiger partial charge in [-0.2, -0.15) is 0 Å². The molecule has 2 aliphatic carbocycles. The van der Waals surface area contributed by atoms with Gasteiger partial charge < -0.3 is 10.6 Å². The van der Waals surface area contributed by atoms with Crippen LogP contribution in [0.4, 0.5) is 0 Å². The second-order valence-electron chi connectivity index (χ2n) is 8.09. The van der Waals surface area contributed by atoms with E-state index >= 15 is 0 Å². The van der Waals surface area contributed by atoms with Crippen molar-refractivity contribution in [3.05, 3.63) is 12.4 Å². The summed E-state index contributed by atoms with van der Waals surface area (Å²) in [6, 6.07) is 0.344. The molecule has 2 atom stereocenters. The fourth-order valence-electron chi connectivity index (χ4n) is 5.18. The first kappa shape index (κ1) is 18.6. The van der Waals surface area contributed by atoms with Crippen LogP contribution in [-0.2, 0) is 11.3 Å². The Kier molecular flexibility index (Phi) is 6.00. The molecule has 1 saturated heterocycles. The lowest BCUT2D eigenvalue weighted by Gasteiger charge is -2.45. The van der Waals surface area contributed by atoms with E-state index in [4.69, 9.17) is 5.73 Å². The Labute approximate surface area is 155 Å². The number of fused-ring (bicyclic) bond motifs is 2. The number of likely N-dealkylation sites (tertiary alicyclic amines) is 1. The molecule has 0 radical (unpaired) electrons. The third kappa shape index (κ3) is 4.00. The molecule has 2 saturated carbocycles. The van der Waals surface area contributed by atoms with Crippen LogP contribution in [0.1, 0.15) is 44.9 Å². The number of aromatic nitrogens is 3. The maximum Gasteiger partial charge on any atom is 0.225 e. The van der Waals surface area contributed by atoms with Crippen LogP contribution in [0.5, 0.6) is 0 Å². The van der Waals surface area contributed by atoms with E-state index in [-0.39, 0.29) is 18.3 Å². The van der Waals surface area contributed by atoms with Crippen LogP contribution in [0.3, 0.4) is 0 Å². The third-order valence-corrected chi connectivity index (χ3v) is 6.61. The molecule has 140 valence electrons. The van der Waals surface area contributed by atoms with Crippen LogP contribution in [0.25, 0.3) is 0 Å². The summed E-state index contributed by atoms with van der Waals surface area (Å²) in [7, 11) is 0. The molecule has 0 aromatic carbocycles. The van der Waals surface area contributed by atoms with Crippen molar-refractivity contribution in [2.45, 2.75) is 57.5 Å². The maximum absolute atomic E-state index is 13.0. The molecule has 1 amide bonds. The van der Waals surface area contributed by atoms with Crippen molar-refractivity contribution in [1.29, 1.82) is 0 Å². The Morgan fingerprint density at radius 1 is 1.12 bits per heavy atom. The molecule has 0 spiro atoms. The van der Waals surface area contributed by atoms with Crippen LogP contribution in [-0.4, -0.2) is 44.9 Å². The second-order valence-corrected chi connectivity index (χ2v) is 8.09. The Balaban J connectivity index is 0.00000182. The average Bonchev–Trinajstić information content (AvgIpc) is 3.08. The number of nitrogens with zero attached hydrogens (tertiary/aromatic N) is 4. The van der Waals surface area contributed by atoms with E-state index in [0.29, 0.717) is 29.7 Å². The number of halogens is 1. The summed E-state index contributed by atoms with van der Waals surface area (Å²) in [5.74, 6) is 2.40. The molecule has 1 aromatic heterocycles. The molecule has 4 rings (SSSR count). The molecule has 2 heterocycles. The molecule has 3 fully saturated rings. The highest BCUT2D eigenvalue weighted by molar-refractivity contribution is 5.85. The SMILES string of the molecule is Cl.NC1C2CCCC1CC(C(=O)N1CCC(Cn3ccnn3)CC1)C2. The quantitative estimate of drug-likeness (QED) is 0.887.